The normalized spacial score (nSPS) is 11.9. The molecule has 86 valence electrons. The highest BCUT2D eigenvalue weighted by molar-refractivity contribution is 5.51. The van der Waals surface area contributed by atoms with Gasteiger partial charge in [0, 0.05) is 6.42 Å². The Kier molecular flexibility index (Phi) is 4.28. The minimum absolute atomic E-state index is 0.184. The Balaban J connectivity index is 2.83. The second-order valence-electron chi connectivity index (χ2n) is 3.23. The van der Waals surface area contributed by atoms with Gasteiger partial charge in [-0.15, -0.1) is 0 Å². The van der Waals surface area contributed by atoms with Crippen LogP contribution in [0.2, 0.25) is 0 Å². The molecule has 4 heteroatoms. The number of benzene rings is 1. The first-order valence-corrected chi connectivity index (χ1v) is 4.79. The lowest BCUT2D eigenvalue weighted by Crippen LogP contribution is -2.08. The lowest BCUT2D eigenvalue weighted by atomic mass is 10.0. The van der Waals surface area contributed by atoms with Crippen LogP contribution < -0.4 is 0 Å². The maximum atomic E-state index is 12.5. The highest BCUT2D eigenvalue weighted by Gasteiger charge is 2.32. The van der Waals surface area contributed by atoms with Gasteiger partial charge in [0.25, 0.3) is 0 Å². The van der Waals surface area contributed by atoms with E-state index in [0.717, 1.165) is 6.07 Å². The highest BCUT2D eigenvalue weighted by Crippen LogP contribution is 2.32. The van der Waals surface area contributed by atoms with Gasteiger partial charge in [-0.1, -0.05) is 30.4 Å². The van der Waals surface area contributed by atoms with Crippen LogP contribution in [0.1, 0.15) is 17.5 Å². The summed E-state index contributed by atoms with van der Waals surface area (Å²) in [6, 6.07) is 5.43. The number of hydrogen-bond acceptors (Lipinski definition) is 1. The first-order valence-electron chi connectivity index (χ1n) is 4.79. The predicted molar refractivity (Wildman–Crippen MR) is 55.0 cm³/mol. The van der Waals surface area contributed by atoms with Gasteiger partial charge in [-0.3, -0.25) is 0 Å². The minimum Gasteiger partial charge on any atom is -0.303 e. The molecule has 1 aromatic rings. The Bertz CT molecular complexity index is 380. The van der Waals surface area contributed by atoms with Gasteiger partial charge < -0.3 is 4.79 Å². The molecule has 0 bridgehead atoms. The van der Waals surface area contributed by atoms with E-state index in [1.165, 1.54) is 12.1 Å². The largest absolute Gasteiger partial charge is 0.416 e. The topological polar surface area (TPSA) is 17.1 Å². The zero-order valence-corrected chi connectivity index (χ0v) is 8.50. The summed E-state index contributed by atoms with van der Waals surface area (Å²) in [5.74, 6) is 0. The van der Waals surface area contributed by atoms with Gasteiger partial charge >= 0.3 is 6.18 Å². The summed E-state index contributed by atoms with van der Waals surface area (Å²) in [6.45, 7) is 0. The third-order valence-electron chi connectivity index (χ3n) is 2.06. The van der Waals surface area contributed by atoms with E-state index in [2.05, 4.69) is 0 Å². The average molecular weight is 228 g/mol. The molecule has 0 atom stereocenters. The Hall–Kier alpha value is -1.58. The van der Waals surface area contributed by atoms with E-state index >= 15 is 0 Å². The molecule has 0 unspecified atom stereocenters. The summed E-state index contributed by atoms with van der Waals surface area (Å²) in [4.78, 5) is 10.0. The number of allylic oxidation sites excluding steroid dienone is 2. The van der Waals surface area contributed by atoms with E-state index in [0.29, 0.717) is 6.29 Å². The first kappa shape index (κ1) is 12.5. The zero-order chi connectivity index (χ0) is 12.0. The van der Waals surface area contributed by atoms with Crippen LogP contribution in [0.4, 0.5) is 13.2 Å². The third-order valence-corrected chi connectivity index (χ3v) is 2.06. The SMILES string of the molecule is O=CC/C=C\Cc1ccccc1C(F)(F)F. The predicted octanol–water partition coefficient (Wildman–Crippen LogP) is 3.39. The molecule has 0 aliphatic rings. The van der Waals surface area contributed by atoms with Crippen molar-refractivity contribution in [3.63, 3.8) is 0 Å². The number of rotatable bonds is 4. The number of hydrogen-bond donors (Lipinski definition) is 0. The van der Waals surface area contributed by atoms with Crippen LogP contribution in [0.15, 0.2) is 36.4 Å². The van der Waals surface area contributed by atoms with Crippen LogP contribution in [0, 0.1) is 0 Å². The summed E-state index contributed by atoms with van der Waals surface area (Å²) in [5.41, 5.74) is -0.400. The van der Waals surface area contributed by atoms with Crippen molar-refractivity contribution in [2.24, 2.45) is 0 Å². The van der Waals surface area contributed by atoms with E-state index in [4.69, 9.17) is 0 Å². The van der Waals surface area contributed by atoms with Crippen LogP contribution in [-0.2, 0) is 17.4 Å². The minimum atomic E-state index is -4.32. The molecule has 1 rings (SSSR count). The molecule has 0 fully saturated rings. The van der Waals surface area contributed by atoms with E-state index < -0.39 is 11.7 Å². The van der Waals surface area contributed by atoms with Crippen LogP contribution >= 0.6 is 0 Å². The second-order valence-corrected chi connectivity index (χ2v) is 3.23. The van der Waals surface area contributed by atoms with E-state index in [1.54, 1.807) is 18.2 Å². The van der Waals surface area contributed by atoms with Gasteiger partial charge in [0.05, 0.1) is 5.56 Å². The summed E-state index contributed by atoms with van der Waals surface area (Å²) >= 11 is 0. The smallest absolute Gasteiger partial charge is 0.303 e. The van der Waals surface area contributed by atoms with Crippen molar-refractivity contribution in [1.82, 2.24) is 0 Å². The second kappa shape index (κ2) is 5.49. The molecule has 0 saturated heterocycles. The maximum Gasteiger partial charge on any atom is 0.416 e. The van der Waals surface area contributed by atoms with E-state index in [-0.39, 0.29) is 18.4 Å². The van der Waals surface area contributed by atoms with Crippen molar-refractivity contribution < 1.29 is 18.0 Å². The molecule has 0 aliphatic heterocycles. The standard InChI is InChI=1S/C12H11F3O/c13-12(14,15)11-8-4-3-7-10(11)6-2-1-5-9-16/h1-4,7-9H,5-6H2/b2-1-. The van der Waals surface area contributed by atoms with Gasteiger partial charge in [-0.25, -0.2) is 0 Å². The van der Waals surface area contributed by atoms with Gasteiger partial charge in [0.2, 0.25) is 0 Å². The van der Waals surface area contributed by atoms with Crippen LogP contribution in [0.25, 0.3) is 0 Å². The number of carbonyl (C=O) groups excluding carboxylic acids is 1. The lowest BCUT2D eigenvalue weighted by Gasteiger charge is -2.10. The average Bonchev–Trinajstić information content (AvgIpc) is 2.24. The summed E-state index contributed by atoms with van der Waals surface area (Å²) in [7, 11) is 0. The van der Waals surface area contributed by atoms with Crippen molar-refractivity contribution in [3.05, 3.63) is 47.5 Å². The van der Waals surface area contributed by atoms with Crippen molar-refractivity contribution in [3.8, 4) is 0 Å². The van der Waals surface area contributed by atoms with Gasteiger partial charge in [0.1, 0.15) is 6.29 Å². The fraction of sp³-hybridized carbons (Fsp3) is 0.250. The molecule has 0 spiro atoms. The molecule has 1 nitrogen and oxygen atoms in total. The summed E-state index contributed by atoms with van der Waals surface area (Å²) in [5, 5.41) is 0. The fourth-order valence-corrected chi connectivity index (χ4v) is 1.34. The quantitative estimate of drug-likeness (QED) is 0.570. The van der Waals surface area contributed by atoms with Crippen LogP contribution in [0.5, 0.6) is 0 Å². The maximum absolute atomic E-state index is 12.5. The monoisotopic (exact) mass is 228 g/mol. The molecule has 16 heavy (non-hydrogen) atoms. The number of halogens is 3. The van der Waals surface area contributed by atoms with Gasteiger partial charge in [0.15, 0.2) is 0 Å². The zero-order valence-electron chi connectivity index (χ0n) is 8.50. The van der Waals surface area contributed by atoms with Crippen molar-refractivity contribution in [2.45, 2.75) is 19.0 Å². The molecule has 0 aromatic heterocycles. The molecule has 1 aromatic carbocycles. The lowest BCUT2D eigenvalue weighted by molar-refractivity contribution is -0.138. The Morgan fingerprint density at radius 3 is 2.44 bits per heavy atom. The van der Waals surface area contributed by atoms with E-state index in [9.17, 15) is 18.0 Å². The first-order chi connectivity index (χ1) is 7.55. The van der Waals surface area contributed by atoms with Gasteiger partial charge in [-0.05, 0) is 18.1 Å². The summed E-state index contributed by atoms with van der Waals surface area (Å²) < 4.78 is 37.6. The molecule has 0 saturated carbocycles. The van der Waals surface area contributed by atoms with Crippen molar-refractivity contribution in [1.29, 1.82) is 0 Å². The van der Waals surface area contributed by atoms with Crippen molar-refractivity contribution in [2.75, 3.05) is 0 Å². The molecule has 0 amide bonds. The molecular formula is C12H11F3O. The van der Waals surface area contributed by atoms with Crippen molar-refractivity contribution >= 4 is 6.29 Å². The molecular weight excluding hydrogens is 217 g/mol. The third kappa shape index (κ3) is 3.53. The van der Waals surface area contributed by atoms with Gasteiger partial charge in [-0.2, -0.15) is 13.2 Å². The number of aldehydes is 1. The Labute approximate surface area is 91.6 Å². The molecule has 0 N–H and O–H groups in total. The highest BCUT2D eigenvalue weighted by atomic mass is 19.4. The fourth-order valence-electron chi connectivity index (χ4n) is 1.34. The molecule has 0 heterocycles. The molecule has 0 aliphatic carbocycles. The molecule has 0 radical (unpaired) electrons. The Morgan fingerprint density at radius 2 is 1.81 bits per heavy atom. The van der Waals surface area contributed by atoms with Crippen LogP contribution in [0.3, 0.4) is 0 Å². The van der Waals surface area contributed by atoms with E-state index in [1.807, 2.05) is 0 Å². The number of carbonyl (C=O) groups is 1. The number of alkyl halides is 3. The summed E-state index contributed by atoms with van der Waals surface area (Å²) in [6.07, 6.45) is -0.0852. The van der Waals surface area contributed by atoms with Crippen LogP contribution in [-0.4, -0.2) is 6.29 Å². The Morgan fingerprint density at radius 1 is 1.12 bits per heavy atom.